The van der Waals surface area contributed by atoms with Crippen LogP contribution in [-0.2, 0) is 22.6 Å². The number of aryl methyl sites for hydroxylation is 1. The van der Waals surface area contributed by atoms with Gasteiger partial charge in [0, 0.05) is 35.2 Å². The first-order valence-electron chi connectivity index (χ1n) is 14.1. The molecular formula is C31H37FN4O6S. The Morgan fingerprint density at radius 3 is 2.65 bits per heavy atom. The summed E-state index contributed by atoms with van der Waals surface area (Å²) in [4.78, 5) is 34.4. The van der Waals surface area contributed by atoms with E-state index >= 15 is 4.39 Å². The highest BCUT2D eigenvalue weighted by atomic mass is 32.1. The number of alkyl carbamates (subject to hydrolysis) is 1. The van der Waals surface area contributed by atoms with E-state index in [2.05, 4.69) is 10.6 Å². The minimum absolute atomic E-state index is 0.0272. The van der Waals surface area contributed by atoms with Crippen LogP contribution in [0.2, 0.25) is 0 Å². The summed E-state index contributed by atoms with van der Waals surface area (Å²) in [5.74, 6) is 0.334. The number of halogens is 1. The van der Waals surface area contributed by atoms with Gasteiger partial charge in [0.25, 0.3) is 5.91 Å². The molecule has 10 nitrogen and oxygen atoms in total. The molecule has 230 valence electrons. The topological polar surface area (TPSA) is 111 Å². The van der Waals surface area contributed by atoms with Crippen molar-refractivity contribution >= 4 is 29.2 Å². The normalized spacial score (nSPS) is 18.3. The highest BCUT2D eigenvalue weighted by Gasteiger charge is 2.38. The van der Waals surface area contributed by atoms with Gasteiger partial charge in [0.2, 0.25) is 0 Å². The molecule has 1 aromatic carbocycles. The number of thiophene rings is 1. The molecule has 2 N–H and O–H groups in total. The van der Waals surface area contributed by atoms with E-state index in [0.717, 1.165) is 15.3 Å². The zero-order valence-electron chi connectivity index (χ0n) is 25.2. The molecule has 1 unspecified atom stereocenters. The van der Waals surface area contributed by atoms with E-state index in [1.54, 1.807) is 52.0 Å². The molecule has 4 heterocycles. The molecular weight excluding hydrogens is 575 g/mol. The predicted molar refractivity (Wildman–Crippen MR) is 161 cm³/mol. The van der Waals surface area contributed by atoms with Crippen molar-refractivity contribution in [2.24, 2.45) is 0 Å². The first kappa shape index (κ1) is 30.6. The van der Waals surface area contributed by atoms with E-state index < -0.39 is 23.6 Å². The SMILES string of the molecule is COc1ccc(CN2Cc3c(F)c(NC4CCOC[C@@H]4NC(=O)OC(C)(C)C)nc(-c4ccc(C)s4)c3C2=O)c(OC)c1. The number of benzene rings is 1. The van der Waals surface area contributed by atoms with Gasteiger partial charge in [-0.25, -0.2) is 14.2 Å². The van der Waals surface area contributed by atoms with Crippen LogP contribution < -0.4 is 20.1 Å². The van der Waals surface area contributed by atoms with Crippen molar-refractivity contribution in [3.63, 3.8) is 0 Å². The second-order valence-electron chi connectivity index (χ2n) is 11.6. The zero-order valence-corrected chi connectivity index (χ0v) is 26.0. The Labute approximate surface area is 254 Å². The molecule has 2 aliphatic rings. The molecule has 3 aromatic rings. The molecule has 2 atom stereocenters. The highest BCUT2D eigenvalue weighted by molar-refractivity contribution is 7.15. The molecule has 1 saturated heterocycles. The number of methoxy groups -OCH3 is 2. The molecule has 0 radical (unpaired) electrons. The highest BCUT2D eigenvalue weighted by Crippen LogP contribution is 2.40. The number of fused-ring (bicyclic) bond motifs is 1. The maximum atomic E-state index is 16.3. The molecule has 0 bridgehead atoms. The number of ether oxygens (including phenoxy) is 4. The summed E-state index contributed by atoms with van der Waals surface area (Å²) in [6.07, 6.45) is -0.0730. The van der Waals surface area contributed by atoms with Crippen LogP contribution >= 0.6 is 11.3 Å². The van der Waals surface area contributed by atoms with E-state index in [1.807, 2.05) is 25.1 Å². The fourth-order valence-corrected chi connectivity index (χ4v) is 6.11. The molecule has 1 fully saturated rings. The lowest BCUT2D eigenvalue weighted by atomic mass is 10.0. The molecule has 12 heteroatoms. The quantitative estimate of drug-likeness (QED) is 0.342. The van der Waals surface area contributed by atoms with Crippen molar-refractivity contribution in [3.8, 4) is 22.1 Å². The van der Waals surface area contributed by atoms with Crippen LogP contribution in [0.5, 0.6) is 11.5 Å². The Kier molecular flexibility index (Phi) is 8.79. The minimum atomic E-state index is -0.668. The summed E-state index contributed by atoms with van der Waals surface area (Å²) in [7, 11) is 3.12. The van der Waals surface area contributed by atoms with Crippen LogP contribution in [0.25, 0.3) is 10.6 Å². The fraction of sp³-hybridized carbons (Fsp3) is 0.452. The Balaban J connectivity index is 1.47. The van der Waals surface area contributed by atoms with Crippen LogP contribution in [0.4, 0.5) is 15.0 Å². The fourth-order valence-electron chi connectivity index (χ4n) is 5.25. The summed E-state index contributed by atoms with van der Waals surface area (Å²) in [5, 5.41) is 6.08. The van der Waals surface area contributed by atoms with E-state index in [4.69, 9.17) is 23.9 Å². The summed E-state index contributed by atoms with van der Waals surface area (Å²) >= 11 is 1.49. The van der Waals surface area contributed by atoms with E-state index in [0.29, 0.717) is 30.2 Å². The molecule has 2 aromatic heterocycles. The monoisotopic (exact) mass is 612 g/mol. The standard InChI is InChI=1S/C31H37FN4O6S/c1-17-7-10-24(43-17)27-25-20(15-36(29(25)37)14-18-8-9-19(39-5)13-23(18)40-6)26(32)28(35-27)33-21-11-12-41-16-22(21)34-30(38)42-31(2,3)4/h7-10,13,21-22H,11-12,14-16H2,1-6H3,(H,33,35)(H,34,38)/t21?,22-/m0/s1. The first-order chi connectivity index (χ1) is 20.5. The Bertz CT molecular complexity index is 1520. The number of aromatic nitrogens is 1. The zero-order chi connectivity index (χ0) is 30.9. The summed E-state index contributed by atoms with van der Waals surface area (Å²) in [6, 6.07) is 8.37. The van der Waals surface area contributed by atoms with E-state index in [9.17, 15) is 9.59 Å². The summed E-state index contributed by atoms with van der Waals surface area (Å²) in [6.45, 7) is 8.27. The van der Waals surface area contributed by atoms with Crippen molar-refractivity contribution in [2.45, 2.75) is 64.9 Å². The van der Waals surface area contributed by atoms with Gasteiger partial charge in [-0.2, -0.15) is 0 Å². The number of rotatable bonds is 8. The van der Waals surface area contributed by atoms with E-state index in [-0.39, 0.29) is 48.6 Å². The number of nitrogens with zero attached hydrogens (tertiary/aromatic N) is 2. The van der Waals surface area contributed by atoms with Crippen molar-refractivity contribution in [3.05, 3.63) is 57.7 Å². The molecule has 0 aliphatic carbocycles. The van der Waals surface area contributed by atoms with Gasteiger partial charge >= 0.3 is 6.09 Å². The van der Waals surface area contributed by atoms with Crippen molar-refractivity contribution < 1.29 is 32.9 Å². The van der Waals surface area contributed by atoms with Crippen LogP contribution in [0.15, 0.2) is 30.3 Å². The van der Waals surface area contributed by atoms with Gasteiger partial charge in [-0.3, -0.25) is 4.79 Å². The molecule has 5 rings (SSSR count). The van der Waals surface area contributed by atoms with Gasteiger partial charge in [-0.05, 0) is 58.4 Å². The van der Waals surface area contributed by atoms with Gasteiger partial charge in [0.05, 0.1) is 55.6 Å². The number of amides is 2. The second-order valence-corrected chi connectivity index (χ2v) is 12.9. The van der Waals surface area contributed by atoms with Crippen LogP contribution in [0, 0.1) is 12.7 Å². The Hall–Kier alpha value is -3.90. The number of carbonyl (C=O) groups excluding carboxylic acids is 2. The van der Waals surface area contributed by atoms with E-state index in [1.165, 1.54) is 11.3 Å². The number of anilines is 1. The third-order valence-electron chi connectivity index (χ3n) is 7.29. The molecule has 2 aliphatic heterocycles. The number of carbonyl (C=O) groups is 2. The van der Waals surface area contributed by atoms with Crippen molar-refractivity contribution in [2.75, 3.05) is 32.8 Å². The van der Waals surface area contributed by atoms with Crippen LogP contribution in [-0.4, -0.2) is 67.0 Å². The van der Waals surface area contributed by atoms with Crippen LogP contribution in [0.3, 0.4) is 0 Å². The lowest BCUT2D eigenvalue weighted by Gasteiger charge is -2.33. The van der Waals surface area contributed by atoms with Crippen molar-refractivity contribution in [1.29, 1.82) is 0 Å². The largest absolute Gasteiger partial charge is 0.497 e. The maximum Gasteiger partial charge on any atom is 0.408 e. The third-order valence-corrected chi connectivity index (χ3v) is 8.30. The van der Waals surface area contributed by atoms with Gasteiger partial charge in [-0.1, -0.05) is 0 Å². The minimum Gasteiger partial charge on any atom is -0.497 e. The smallest absolute Gasteiger partial charge is 0.408 e. The third kappa shape index (κ3) is 6.70. The Morgan fingerprint density at radius 2 is 1.98 bits per heavy atom. The molecule has 0 saturated carbocycles. The van der Waals surface area contributed by atoms with Gasteiger partial charge in [0.1, 0.15) is 17.1 Å². The van der Waals surface area contributed by atoms with Gasteiger partial charge in [0.15, 0.2) is 11.6 Å². The van der Waals surface area contributed by atoms with Gasteiger partial charge in [-0.15, -0.1) is 11.3 Å². The molecule has 0 spiro atoms. The van der Waals surface area contributed by atoms with Gasteiger partial charge < -0.3 is 34.5 Å². The average Bonchev–Trinajstić information content (AvgIpc) is 3.53. The van der Waals surface area contributed by atoms with Crippen LogP contribution in [0.1, 0.15) is 53.6 Å². The molecule has 2 amide bonds. The Morgan fingerprint density at radius 1 is 1.19 bits per heavy atom. The summed E-state index contributed by atoms with van der Waals surface area (Å²) in [5.41, 5.74) is 1.06. The number of hydrogen-bond acceptors (Lipinski definition) is 9. The first-order valence-corrected chi connectivity index (χ1v) is 14.9. The lowest BCUT2D eigenvalue weighted by Crippen LogP contribution is -2.53. The summed E-state index contributed by atoms with van der Waals surface area (Å²) < 4.78 is 38.2. The average molecular weight is 613 g/mol. The number of pyridine rings is 1. The second kappa shape index (κ2) is 12.4. The predicted octanol–water partition coefficient (Wildman–Crippen LogP) is 5.52. The van der Waals surface area contributed by atoms with Crippen molar-refractivity contribution in [1.82, 2.24) is 15.2 Å². The molecule has 43 heavy (non-hydrogen) atoms. The number of nitrogens with one attached hydrogen (secondary N) is 2. The number of hydrogen-bond donors (Lipinski definition) is 2. The lowest BCUT2D eigenvalue weighted by molar-refractivity contribution is 0.0317. The maximum absolute atomic E-state index is 16.3.